The molecule has 0 unspecified atom stereocenters. The summed E-state index contributed by atoms with van der Waals surface area (Å²) in [7, 11) is 0. The van der Waals surface area contributed by atoms with Crippen LogP contribution in [0.4, 0.5) is 5.00 Å². The minimum Gasteiger partial charge on any atom is -0.378 e. The van der Waals surface area contributed by atoms with E-state index in [0.29, 0.717) is 31.2 Å². The Labute approximate surface area is 95.6 Å². The molecule has 1 aromatic rings. The molecule has 6 nitrogen and oxygen atoms in total. The van der Waals surface area contributed by atoms with Crippen molar-refractivity contribution in [3.05, 3.63) is 27.1 Å². The number of ether oxygens (including phenoxy) is 1. The quantitative estimate of drug-likeness (QED) is 0.575. The molecule has 86 valence electrons. The van der Waals surface area contributed by atoms with E-state index in [1.165, 1.54) is 12.1 Å². The maximum Gasteiger partial charge on any atom is 0.324 e. The summed E-state index contributed by atoms with van der Waals surface area (Å²) in [5.41, 5.74) is 0. The SMILES string of the molecule is O=C(c1ccc([N+](=O)[O-])s1)N1CCOCC1. The van der Waals surface area contributed by atoms with E-state index in [-0.39, 0.29) is 10.9 Å². The molecule has 1 aliphatic rings. The van der Waals surface area contributed by atoms with Crippen LogP contribution in [-0.2, 0) is 4.74 Å². The zero-order chi connectivity index (χ0) is 11.5. The predicted molar refractivity (Wildman–Crippen MR) is 57.7 cm³/mol. The summed E-state index contributed by atoms with van der Waals surface area (Å²) in [5.74, 6) is -0.151. The van der Waals surface area contributed by atoms with Crippen molar-refractivity contribution < 1.29 is 14.5 Å². The molecule has 16 heavy (non-hydrogen) atoms. The topological polar surface area (TPSA) is 72.7 Å². The molecule has 0 aliphatic carbocycles. The van der Waals surface area contributed by atoms with Gasteiger partial charge in [0.2, 0.25) is 0 Å². The molecule has 1 amide bonds. The van der Waals surface area contributed by atoms with Gasteiger partial charge < -0.3 is 9.64 Å². The Kier molecular flexibility index (Phi) is 3.16. The molecule has 0 saturated carbocycles. The summed E-state index contributed by atoms with van der Waals surface area (Å²) in [4.78, 5) is 24.0. The average molecular weight is 242 g/mol. The van der Waals surface area contributed by atoms with E-state index in [2.05, 4.69) is 0 Å². The Hall–Kier alpha value is -1.47. The Morgan fingerprint density at radius 1 is 1.44 bits per heavy atom. The Bertz CT molecular complexity index is 411. The van der Waals surface area contributed by atoms with Gasteiger partial charge in [-0.1, -0.05) is 11.3 Å². The van der Waals surface area contributed by atoms with E-state index >= 15 is 0 Å². The van der Waals surface area contributed by atoms with Crippen molar-refractivity contribution in [1.82, 2.24) is 4.90 Å². The summed E-state index contributed by atoms with van der Waals surface area (Å²) >= 11 is 0.912. The lowest BCUT2D eigenvalue weighted by molar-refractivity contribution is -0.380. The second-order valence-corrected chi connectivity index (χ2v) is 4.36. The molecule has 0 bridgehead atoms. The second kappa shape index (κ2) is 4.58. The van der Waals surface area contributed by atoms with E-state index in [0.717, 1.165) is 11.3 Å². The van der Waals surface area contributed by atoms with Crippen molar-refractivity contribution in [2.75, 3.05) is 26.3 Å². The van der Waals surface area contributed by atoms with Gasteiger partial charge in [-0.2, -0.15) is 0 Å². The van der Waals surface area contributed by atoms with Crippen molar-refractivity contribution in [3.8, 4) is 0 Å². The van der Waals surface area contributed by atoms with Crippen LogP contribution in [0, 0.1) is 10.1 Å². The number of rotatable bonds is 2. The molecule has 0 radical (unpaired) electrons. The van der Waals surface area contributed by atoms with Crippen LogP contribution < -0.4 is 0 Å². The standard InChI is InChI=1S/C9H10N2O4S/c12-9(10-3-5-15-6-4-10)7-1-2-8(16-7)11(13)14/h1-2H,3-6H2. The number of carbonyl (C=O) groups excluding carboxylic acids is 1. The Balaban J connectivity index is 2.10. The van der Waals surface area contributed by atoms with Crippen molar-refractivity contribution in [2.45, 2.75) is 0 Å². The Morgan fingerprint density at radius 2 is 2.12 bits per heavy atom. The fraction of sp³-hybridized carbons (Fsp3) is 0.444. The van der Waals surface area contributed by atoms with Crippen LogP contribution in [0.25, 0.3) is 0 Å². The molecule has 1 aromatic heterocycles. The van der Waals surface area contributed by atoms with Gasteiger partial charge in [0.1, 0.15) is 0 Å². The molecule has 1 aliphatic heterocycles. The summed E-state index contributed by atoms with van der Waals surface area (Å²) in [5, 5.41) is 10.5. The largest absolute Gasteiger partial charge is 0.378 e. The summed E-state index contributed by atoms with van der Waals surface area (Å²) < 4.78 is 5.13. The summed E-state index contributed by atoms with van der Waals surface area (Å²) in [6.07, 6.45) is 0. The first kappa shape index (κ1) is 11.0. The van der Waals surface area contributed by atoms with Gasteiger partial charge in [0.25, 0.3) is 5.91 Å². The first-order valence-corrected chi connectivity index (χ1v) is 5.61. The normalized spacial score (nSPS) is 16.1. The monoisotopic (exact) mass is 242 g/mol. The lowest BCUT2D eigenvalue weighted by atomic mass is 10.3. The van der Waals surface area contributed by atoms with E-state index in [4.69, 9.17) is 4.74 Å². The fourth-order valence-electron chi connectivity index (χ4n) is 1.46. The first-order valence-electron chi connectivity index (χ1n) is 4.80. The van der Waals surface area contributed by atoms with Crippen LogP contribution in [0.2, 0.25) is 0 Å². The third-order valence-electron chi connectivity index (χ3n) is 2.28. The number of hydrogen-bond donors (Lipinski definition) is 0. The second-order valence-electron chi connectivity index (χ2n) is 3.30. The van der Waals surface area contributed by atoms with E-state index < -0.39 is 4.92 Å². The van der Waals surface area contributed by atoms with Gasteiger partial charge in [-0.3, -0.25) is 14.9 Å². The third kappa shape index (κ3) is 2.20. The highest BCUT2D eigenvalue weighted by Gasteiger charge is 2.22. The van der Waals surface area contributed by atoms with Gasteiger partial charge in [-0.05, 0) is 6.07 Å². The first-order chi connectivity index (χ1) is 7.68. The lowest BCUT2D eigenvalue weighted by Gasteiger charge is -2.26. The van der Waals surface area contributed by atoms with Gasteiger partial charge in [0.15, 0.2) is 0 Å². The van der Waals surface area contributed by atoms with Gasteiger partial charge in [-0.25, -0.2) is 0 Å². The number of thiophene rings is 1. The van der Waals surface area contributed by atoms with Crippen molar-refractivity contribution in [1.29, 1.82) is 0 Å². The van der Waals surface area contributed by atoms with Crippen LogP contribution in [0.5, 0.6) is 0 Å². The Morgan fingerprint density at radius 3 is 2.69 bits per heavy atom. The van der Waals surface area contributed by atoms with Crippen LogP contribution in [0.1, 0.15) is 9.67 Å². The predicted octanol–water partition coefficient (Wildman–Crippen LogP) is 1.13. The van der Waals surface area contributed by atoms with Crippen molar-refractivity contribution in [2.24, 2.45) is 0 Å². The number of amides is 1. The van der Waals surface area contributed by atoms with E-state index in [1.807, 2.05) is 0 Å². The molecule has 0 atom stereocenters. The summed E-state index contributed by atoms with van der Waals surface area (Å²) in [6, 6.07) is 2.86. The number of carbonyl (C=O) groups is 1. The molecule has 1 saturated heterocycles. The highest BCUT2D eigenvalue weighted by molar-refractivity contribution is 7.17. The van der Waals surface area contributed by atoms with Gasteiger partial charge in [0.05, 0.1) is 23.0 Å². The number of nitro groups is 1. The molecule has 0 spiro atoms. The minimum absolute atomic E-state index is 0.00314. The van der Waals surface area contributed by atoms with E-state index in [1.54, 1.807) is 4.90 Å². The number of nitrogens with zero attached hydrogens (tertiary/aromatic N) is 2. The zero-order valence-electron chi connectivity index (χ0n) is 8.42. The van der Waals surface area contributed by atoms with Crippen LogP contribution in [0.15, 0.2) is 12.1 Å². The van der Waals surface area contributed by atoms with Gasteiger partial charge >= 0.3 is 5.00 Å². The van der Waals surface area contributed by atoms with Crippen LogP contribution in [0.3, 0.4) is 0 Å². The molecular weight excluding hydrogens is 232 g/mol. The maximum atomic E-state index is 11.9. The molecule has 2 heterocycles. The lowest BCUT2D eigenvalue weighted by Crippen LogP contribution is -2.40. The third-order valence-corrected chi connectivity index (χ3v) is 3.31. The molecular formula is C9H10N2O4S. The van der Waals surface area contributed by atoms with Crippen LogP contribution in [-0.4, -0.2) is 42.0 Å². The molecule has 0 N–H and O–H groups in total. The highest BCUT2D eigenvalue weighted by Crippen LogP contribution is 2.25. The number of morpholine rings is 1. The van der Waals surface area contributed by atoms with Crippen molar-refractivity contribution >= 4 is 22.2 Å². The van der Waals surface area contributed by atoms with Gasteiger partial charge in [-0.15, -0.1) is 0 Å². The number of hydrogen-bond acceptors (Lipinski definition) is 5. The van der Waals surface area contributed by atoms with Crippen LogP contribution >= 0.6 is 11.3 Å². The molecule has 0 aromatic carbocycles. The highest BCUT2D eigenvalue weighted by atomic mass is 32.1. The summed E-state index contributed by atoms with van der Waals surface area (Å²) in [6.45, 7) is 2.15. The van der Waals surface area contributed by atoms with E-state index in [9.17, 15) is 14.9 Å². The zero-order valence-corrected chi connectivity index (χ0v) is 9.24. The minimum atomic E-state index is -0.485. The van der Waals surface area contributed by atoms with Gasteiger partial charge in [0, 0.05) is 19.2 Å². The molecule has 7 heteroatoms. The smallest absolute Gasteiger partial charge is 0.324 e. The fourth-order valence-corrected chi connectivity index (χ4v) is 2.25. The van der Waals surface area contributed by atoms with Crippen molar-refractivity contribution in [3.63, 3.8) is 0 Å². The maximum absolute atomic E-state index is 11.9. The molecule has 2 rings (SSSR count). The average Bonchev–Trinajstić information content (AvgIpc) is 2.78. The molecule has 1 fully saturated rings.